The normalized spacial score (nSPS) is 15.4. The van der Waals surface area contributed by atoms with Gasteiger partial charge in [0.05, 0.1) is 0 Å². The lowest BCUT2D eigenvalue weighted by Gasteiger charge is -2.33. The Bertz CT molecular complexity index is 3460. The van der Waals surface area contributed by atoms with E-state index >= 15 is 0 Å². The summed E-state index contributed by atoms with van der Waals surface area (Å²) in [6.07, 6.45) is 5.81. The number of hydrogen-bond acceptors (Lipinski definition) is 2. The lowest BCUT2D eigenvalue weighted by Crippen LogP contribution is -2.25. The number of rotatable bonds is 4. The highest BCUT2D eigenvalue weighted by Crippen LogP contribution is 2.46. The molecule has 0 nitrogen and oxygen atoms in total. The van der Waals surface area contributed by atoms with Gasteiger partial charge in [-0.1, -0.05) is 171 Å². The molecule has 1 aliphatic rings. The zero-order chi connectivity index (χ0) is 37.7. The van der Waals surface area contributed by atoms with Crippen molar-refractivity contribution in [1.29, 1.82) is 0 Å². The van der Waals surface area contributed by atoms with Crippen LogP contribution in [0.5, 0.6) is 0 Å². The molecule has 0 N–H and O–H groups in total. The predicted octanol–water partition coefficient (Wildman–Crippen LogP) is 16.3. The van der Waals surface area contributed by atoms with E-state index in [-0.39, 0.29) is 5.41 Å². The first-order chi connectivity index (χ1) is 28.1. The van der Waals surface area contributed by atoms with Crippen molar-refractivity contribution >= 4 is 90.6 Å². The second-order valence-corrected chi connectivity index (χ2v) is 18.0. The Kier molecular flexibility index (Phi) is 7.27. The Morgan fingerprint density at radius 2 is 0.930 bits per heavy atom. The summed E-state index contributed by atoms with van der Waals surface area (Å²) >= 11 is 3.80. The van der Waals surface area contributed by atoms with Crippen LogP contribution in [-0.4, -0.2) is 0 Å². The van der Waals surface area contributed by atoms with Crippen LogP contribution in [0.25, 0.3) is 101 Å². The van der Waals surface area contributed by atoms with Crippen LogP contribution in [-0.2, 0) is 11.8 Å². The molecule has 1 aliphatic carbocycles. The molecule has 2 aromatic heterocycles. The van der Waals surface area contributed by atoms with Gasteiger partial charge in [0.15, 0.2) is 0 Å². The fourth-order valence-electron chi connectivity index (χ4n) is 9.60. The first kappa shape index (κ1) is 32.9. The smallest absolute Gasteiger partial charge is 0.0433 e. The summed E-state index contributed by atoms with van der Waals surface area (Å²) in [6, 6.07) is 65.7. The zero-order valence-corrected chi connectivity index (χ0v) is 33.1. The third-order valence-corrected chi connectivity index (χ3v) is 14.9. The Hall–Kier alpha value is -6.32. The molecule has 0 bridgehead atoms. The average Bonchev–Trinajstić information content (AvgIpc) is 3.85. The van der Waals surface area contributed by atoms with Crippen molar-refractivity contribution in [3.63, 3.8) is 0 Å². The first-order valence-corrected chi connectivity index (χ1v) is 21.4. The topological polar surface area (TPSA) is 0 Å². The molecule has 1 unspecified atom stereocenters. The molecule has 1 atom stereocenters. The van der Waals surface area contributed by atoms with Gasteiger partial charge in [-0.05, 0) is 102 Å². The molecule has 2 heteroatoms. The van der Waals surface area contributed by atoms with E-state index in [1.54, 1.807) is 0 Å². The van der Waals surface area contributed by atoms with Crippen molar-refractivity contribution in [1.82, 2.24) is 0 Å². The summed E-state index contributed by atoms with van der Waals surface area (Å²) in [5.41, 5.74) is 11.6. The van der Waals surface area contributed by atoms with E-state index in [9.17, 15) is 0 Å². The van der Waals surface area contributed by atoms with Crippen molar-refractivity contribution in [3.05, 3.63) is 199 Å². The van der Waals surface area contributed by atoms with Gasteiger partial charge in [0.2, 0.25) is 0 Å². The van der Waals surface area contributed by atoms with Crippen molar-refractivity contribution in [3.8, 4) is 33.4 Å². The summed E-state index contributed by atoms with van der Waals surface area (Å²) < 4.78 is 5.39. The molecular weight excluding hydrogens is 725 g/mol. The quantitative estimate of drug-likeness (QED) is 0.157. The third kappa shape index (κ3) is 5.11. The Morgan fingerprint density at radius 1 is 0.404 bits per heavy atom. The number of hydrogen-bond donors (Lipinski definition) is 0. The van der Waals surface area contributed by atoms with Crippen molar-refractivity contribution in [2.45, 2.75) is 18.8 Å². The van der Waals surface area contributed by atoms with E-state index < -0.39 is 0 Å². The van der Waals surface area contributed by atoms with E-state index in [0.717, 1.165) is 6.42 Å². The molecule has 268 valence electrons. The number of fused-ring (bicyclic) bond motifs is 12. The number of allylic oxidation sites excluding steroid dienone is 1. The van der Waals surface area contributed by atoms with Gasteiger partial charge in [0.25, 0.3) is 0 Å². The van der Waals surface area contributed by atoms with E-state index in [4.69, 9.17) is 0 Å². The summed E-state index contributed by atoms with van der Waals surface area (Å²) in [6.45, 7) is 2.43. The Balaban J connectivity index is 0.982. The summed E-state index contributed by atoms with van der Waals surface area (Å²) in [5.74, 6) is 0. The minimum absolute atomic E-state index is 0.175. The molecule has 57 heavy (non-hydrogen) atoms. The maximum absolute atomic E-state index is 2.47. The van der Waals surface area contributed by atoms with Crippen LogP contribution >= 0.6 is 22.7 Å². The third-order valence-electron chi connectivity index (χ3n) is 12.5. The van der Waals surface area contributed by atoms with Gasteiger partial charge >= 0.3 is 0 Å². The van der Waals surface area contributed by atoms with Gasteiger partial charge < -0.3 is 0 Å². The van der Waals surface area contributed by atoms with Gasteiger partial charge in [0.1, 0.15) is 0 Å². The molecule has 0 radical (unpaired) electrons. The molecule has 0 fully saturated rings. The molecule has 0 saturated carbocycles. The lowest BCUT2D eigenvalue weighted by atomic mass is 9.70. The van der Waals surface area contributed by atoms with Crippen LogP contribution < -0.4 is 0 Å². The molecule has 0 aliphatic heterocycles. The van der Waals surface area contributed by atoms with Crippen molar-refractivity contribution < 1.29 is 0 Å². The molecule has 11 aromatic rings. The highest BCUT2D eigenvalue weighted by atomic mass is 32.1. The van der Waals surface area contributed by atoms with Gasteiger partial charge in [-0.15, -0.1) is 22.7 Å². The monoisotopic (exact) mass is 760 g/mol. The van der Waals surface area contributed by atoms with Crippen LogP contribution in [0, 0.1) is 0 Å². The SMILES string of the molecule is CC1(c2cccc(-c3cccc4c3sc3ccccc34)c2)C=Cc2c(c3cc(-c4cccc(-c5cccc6c5sc5ccccc56)c4)ccc3c3ccccc23)C1. The van der Waals surface area contributed by atoms with Crippen molar-refractivity contribution in [2.75, 3.05) is 0 Å². The fourth-order valence-corrected chi connectivity index (χ4v) is 12.1. The molecule has 12 rings (SSSR count). The van der Waals surface area contributed by atoms with E-state index in [1.165, 1.54) is 112 Å². The number of benzene rings is 9. The molecule has 0 saturated heterocycles. The van der Waals surface area contributed by atoms with E-state index in [0.29, 0.717) is 0 Å². The van der Waals surface area contributed by atoms with Crippen molar-refractivity contribution in [2.24, 2.45) is 0 Å². The zero-order valence-electron chi connectivity index (χ0n) is 31.4. The molecule has 9 aromatic carbocycles. The van der Waals surface area contributed by atoms with Crippen LogP contribution in [0.1, 0.15) is 23.6 Å². The summed E-state index contributed by atoms with van der Waals surface area (Å²) in [4.78, 5) is 0. The highest BCUT2D eigenvalue weighted by Gasteiger charge is 2.31. The fraction of sp³-hybridized carbons (Fsp3) is 0.0545. The standard InChI is InChI=1S/C55H36S2/c1-55(38-15-9-14-37(31-38)40-21-11-23-48-46-19-5-7-25-52(46)57-54(40)48)29-28-44-42-17-3-2-16-41(42)43-27-26-35(32-49(43)50(44)33-55)34-12-8-13-36(30-34)39-20-10-22-47-45-18-4-6-24-51(45)56-53(39)47/h2-32H,33H2,1H3. The number of thiophene rings is 2. The van der Waals surface area contributed by atoms with Crippen LogP contribution in [0.4, 0.5) is 0 Å². The minimum Gasteiger partial charge on any atom is -0.135 e. The van der Waals surface area contributed by atoms with E-state index in [1.807, 2.05) is 22.7 Å². The molecule has 0 spiro atoms. The highest BCUT2D eigenvalue weighted by molar-refractivity contribution is 7.26. The molecule has 2 heterocycles. The molecular formula is C55H36S2. The second kappa shape index (κ2) is 12.6. The molecule has 0 amide bonds. The summed E-state index contributed by atoms with van der Waals surface area (Å²) in [5, 5.41) is 10.7. The largest absolute Gasteiger partial charge is 0.135 e. The van der Waals surface area contributed by atoms with E-state index in [2.05, 4.69) is 195 Å². The van der Waals surface area contributed by atoms with Gasteiger partial charge in [-0.25, -0.2) is 0 Å². The maximum Gasteiger partial charge on any atom is 0.0433 e. The first-order valence-electron chi connectivity index (χ1n) is 19.8. The minimum atomic E-state index is -0.175. The van der Waals surface area contributed by atoms with Crippen LogP contribution in [0.15, 0.2) is 182 Å². The Labute approximate surface area is 339 Å². The van der Waals surface area contributed by atoms with Crippen LogP contribution in [0.3, 0.4) is 0 Å². The van der Waals surface area contributed by atoms with Gasteiger partial charge in [0, 0.05) is 45.8 Å². The average molecular weight is 761 g/mol. The maximum atomic E-state index is 2.47. The van der Waals surface area contributed by atoms with Crippen LogP contribution in [0.2, 0.25) is 0 Å². The lowest BCUT2D eigenvalue weighted by molar-refractivity contribution is 0.590. The van der Waals surface area contributed by atoms with Gasteiger partial charge in [-0.2, -0.15) is 0 Å². The van der Waals surface area contributed by atoms with Gasteiger partial charge in [-0.3, -0.25) is 0 Å². The predicted molar refractivity (Wildman–Crippen MR) is 250 cm³/mol. The Morgan fingerprint density at radius 3 is 1.63 bits per heavy atom. The summed E-state index contributed by atoms with van der Waals surface area (Å²) in [7, 11) is 0. The second-order valence-electron chi connectivity index (χ2n) is 15.8.